The molecule has 6 aliphatic rings. The van der Waals surface area contributed by atoms with Crippen LogP contribution in [0.5, 0.6) is 0 Å². The summed E-state index contributed by atoms with van der Waals surface area (Å²) in [5, 5.41) is 11.4. The highest BCUT2D eigenvalue weighted by atomic mass is 32.2. The second kappa shape index (κ2) is 7.56. The fourth-order valence-corrected chi connectivity index (χ4v) is 13.8. The van der Waals surface area contributed by atoms with Gasteiger partial charge in [0.15, 0.2) is 0 Å². The molecule has 0 aromatic rings. The largest absolute Gasteiger partial charge is 0.391 e. The van der Waals surface area contributed by atoms with Crippen molar-refractivity contribution in [2.24, 2.45) is 51.8 Å². The maximum absolute atomic E-state index is 11.4. The molecule has 6 rings (SSSR count). The van der Waals surface area contributed by atoms with Crippen LogP contribution in [0.25, 0.3) is 0 Å². The molecule has 0 aromatic heterocycles. The molecule has 2 nitrogen and oxygen atoms in total. The van der Waals surface area contributed by atoms with E-state index in [1.165, 1.54) is 69.3 Å². The molecule has 0 radical (unpaired) electrons. The van der Waals surface area contributed by atoms with E-state index < -0.39 is 0 Å². The summed E-state index contributed by atoms with van der Waals surface area (Å²) < 4.78 is 6.69. The molecule has 0 amide bonds. The quantitative estimate of drug-likeness (QED) is 0.517. The van der Waals surface area contributed by atoms with Gasteiger partial charge in [-0.15, -0.1) is 23.5 Å². The van der Waals surface area contributed by atoms with E-state index in [-0.39, 0.29) is 6.10 Å². The third kappa shape index (κ3) is 2.86. The number of thioether (sulfide) groups is 2. The molecule has 4 heteroatoms. The second-order valence-electron chi connectivity index (χ2n) is 12.8. The summed E-state index contributed by atoms with van der Waals surface area (Å²) in [5.74, 6) is 7.18. The minimum Gasteiger partial charge on any atom is -0.391 e. The molecule has 0 unspecified atom stereocenters. The van der Waals surface area contributed by atoms with Crippen LogP contribution in [-0.2, 0) is 4.74 Å². The Bertz CT molecular complexity index is 709. The highest BCUT2D eigenvalue weighted by Crippen LogP contribution is 2.82. The summed E-state index contributed by atoms with van der Waals surface area (Å²) in [6.45, 7) is 7.71. The fourth-order valence-electron chi connectivity index (χ4n) is 10.7. The zero-order chi connectivity index (χ0) is 21.6. The number of aliphatic hydroxyl groups excluding tert-OH is 1. The summed E-state index contributed by atoms with van der Waals surface area (Å²) in [6, 6.07) is 0. The van der Waals surface area contributed by atoms with Gasteiger partial charge in [-0.25, -0.2) is 0 Å². The van der Waals surface area contributed by atoms with E-state index in [0.717, 1.165) is 23.7 Å². The molecular weight excluding hydrogens is 420 g/mol. The van der Waals surface area contributed by atoms with Gasteiger partial charge in [0.1, 0.15) is 0 Å². The van der Waals surface area contributed by atoms with Gasteiger partial charge in [-0.3, -0.25) is 0 Å². The van der Waals surface area contributed by atoms with Crippen molar-refractivity contribution >= 4 is 23.5 Å². The SMILES string of the molecule is CO[C@@H]1C[C@H]2[C@@H]3CC[C@H]([C@@H](C)[C@@H](O)C4SCCCS4)[C@@]3(C)CC[C@@H]2[C@@]2(C)CC[C@@H]3C[C@]312. The van der Waals surface area contributed by atoms with Gasteiger partial charge in [-0.05, 0) is 116 Å². The van der Waals surface area contributed by atoms with Crippen LogP contribution in [0.4, 0.5) is 0 Å². The second-order valence-corrected chi connectivity index (χ2v) is 15.6. The molecule has 0 bridgehead atoms. The van der Waals surface area contributed by atoms with E-state index in [1.54, 1.807) is 0 Å². The summed E-state index contributed by atoms with van der Waals surface area (Å²) in [6.07, 6.45) is 12.9. The third-order valence-electron chi connectivity index (χ3n) is 12.2. The molecule has 1 N–H and O–H groups in total. The van der Waals surface area contributed by atoms with Gasteiger partial charge in [-0.2, -0.15) is 0 Å². The summed E-state index contributed by atoms with van der Waals surface area (Å²) in [7, 11) is 2.01. The van der Waals surface area contributed by atoms with Crippen LogP contribution in [-0.4, -0.2) is 40.5 Å². The van der Waals surface area contributed by atoms with Crippen molar-refractivity contribution in [2.45, 2.75) is 95.3 Å². The molecule has 1 saturated heterocycles. The zero-order valence-corrected chi connectivity index (χ0v) is 21.8. The van der Waals surface area contributed by atoms with Crippen molar-refractivity contribution in [3.8, 4) is 0 Å². The first-order valence-corrected chi connectivity index (χ1v) is 15.4. The van der Waals surface area contributed by atoms with E-state index in [1.807, 2.05) is 30.6 Å². The van der Waals surface area contributed by atoms with Crippen LogP contribution in [0.15, 0.2) is 0 Å². The molecule has 1 spiro atoms. The average Bonchev–Trinajstić information content (AvgIpc) is 3.30. The predicted molar refractivity (Wildman–Crippen MR) is 132 cm³/mol. The topological polar surface area (TPSA) is 29.5 Å². The number of hydrogen-bond donors (Lipinski definition) is 1. The van der Waals surface area contributed by atoms with Gasteiger partial charge in [0, 0.05) is 12.5 Å². The smallest absolute Gasteiger partial charge is 0.0778 e. The molecular formula is C27H44O2S2. The van der Waals surface area contributed by atoms with E-state index in [2.05, 4.69) is 20.8 Å². The van der Waals surface area contributed by atoms with Gasteiger partial charge in [0.2, 0.25) is 0 Å². The molecule has 176 valence electrons. The number of fused-ring (bicyclic) bond motifs is 4. The standard InChI is InChI=1S/C27H44O2S2/c1-16(23(28)24-30-12-5-13-31-24)19-6-7-20-18-14-22(29-4)27-15-17(27)8-11-26(27,3)21(18)9-10-25(19,20)2/h16-24,28H,5-15H2,1-4H3/t16-,17-,18+,19-,20+,21+,22-,23-,25-,26-,27+/m1/s1. The number of aliphatic hydroxyl groups is 1. The lowest BCUT2D eigenvalue weighted by Gasteiger charge is -2.61. The Morgan fingerprint density at radius 2 is 1.77 bits per heavy atom. The summed E-state index contributed by atoms with van der Waals surface area (Å²) >= 11 is 4.04. The van der Waals surface area contributed by atoms with Gasteiger partial charge in [-0.1, -0.05) is 20.8 Å². The molecule has 11 atom stereocenters. The number of methoxy groups -OCH3 is 1. The summed E-state index contributed by atoms with van der Waals surface area (Å²) in [4.78, 5) is 0. The first-order valence-electron chi connectivity index (χ1n) is 13.3. The monoisotopic (exact) mass is 464 g/mol. The predicted octanol–water partition coefficient (Wildman–Crippen LogP) is 6.46. The van der Waals surface area contributed by atoms with E-state index in [4.69, 9.17) is 4.74 Å². The third-order valence-corrected chi connectivity index (χ3v) is 15.3. The highest BCUT2D eigenvalue weighted by Gasteiger charge is 2.77. The Morgan fingerprint density at radius 3 is 2.48 bits per heavy atom. The summed E-state index contributed by atoms with van der Waals surface area (Å²) in [5.41, 5.74) is 1.49. The fraction of sp³-hybridized carbons (Fsp3) is 1.00. The Labute approximate surface area is 198 Å². The van der Waals surface area contributed by atoms with Crippen LogP contribution in [0.1, 0.15) is 78.6 Å². The number of rotatable bonds is 4. The zero-order valence-electron chi connectivity index (χ0n) is 20.1. The normalized spacial score (nSPS) is 55.6. The minimum atomic E-state index is -0.144. The van der Waals surface area contributed by atoms with E-state index in [0.29, 0.717) is 38.8 Å². The Balaban J connectivity index is 1.25. The average molecular weight is 465 g/mol. The van der Waals surface area contributed by atoms with Gasteiger partial charge < -0.3 is 9.84 Å². The molecule has 31 heavy (non-hydrogen) atoms. The maximum atomic E-state index is 11.4. The van der Waals surface area contributed by atoms with Crippen molar-refractivity contribution in [3.63, 3.8) is 0 Å². The van der Waals surface area contributed by atoms with Crippen LogP contribution >= 0.6 is 23.5 Å². The van der Waals surface area contributed by atoms with Crippen molar-refractivity contribution in [1.82, 2.24) is 0 Å². The Morgan fingerprint density at radius 1 is 1.00 bits per heavy atom. The molecule has 1 heterocycles. The van der Waals surface area contributed by atoms with Crippen LogP contribution in [0, 0.1) is 51.8 Å². The van der Waals surface area contributed by atoms with Crippen LogP contribution < -0.4 is 0 Å². The molecule has 5 saturated carbocycles. The Kier molecular flexibility index (Phi) is 5.39. The van der Waals surface area contributed by atoms with Gasteiger partial charge in [0.05, 0.1) is 16.8 Å². The lowest BCUT2D eigenvalue weighted by atomic mass is 9.45. The number of hydrogen-bond acceptors (Lipinski definition) is 4. The Hall–Kier alpha value is 0.620. The maximum Gasteiger partial charge on any atom is 0.0778 e. The van der Waals surface area contributed by atoms with Crippen LogP contribution in [0.2, 0.25) is 0 Å². The first kappa shape index (κ1) is 22.1. The van der Waals surface area contributed by atoms with Gasteiger partial charge >= 0.3 is 0 Å². The van der Waals surface area contributed by atoms with E-state index in [9.17, 15) is 5.11 Å². The molecule has 6 fully saturated rings. The van der Waals surface area contributed by atoms with E-state index >= 15 is 0 Å². The number of ether oxygens (including phenoxy) is 1. The lowest BCUT2D eigenvalue weighted by Crippen LogP contribution is -2.57. The van der Waals surface area contributed by atoms with Crippen molar-refractivity contribution in [2.75, 3.05) is 18.6 Å². The minimum absolute atomic E-state index is 0.144. The van der Waals surface area contributed by atoms with Crippen molar-refractivity contribution < 1.29 is 9.84 Å². The molecule has 5 aliphatic carbocycles. The molecule has 0 aromatic carbocycles. The first-order chi connectivity index (χ1) is 14.9. The highest BCUT2D eigenvalue weighted by molar-refractivity contribution is 8.17. The van der Waals surface area contributed by atoms with Gasteiger partial charge in [0.25, 0.3) is 0 Å². The lowest BCUT2D eigenvalue weighted by molar-refractivity contribution is -0.162. The van der Waals surface area contributed by atoms with Crippen molar-refractivity contribution in [1.29, 1.82) is 0 Å². The molecule has 1 aliphatic heterocycles. The van der Waals surface area contributed by atoms with Crippen LogP contribution in [0.3, 0.4) is 0 Å². The van der Waals surface area contributed by atoms with Crippen molar-refractivity contribution in [3.05, 3.63) is 0 Å².